The summed E-state index contributed by atoms with van der Waals surface area (Å²) in [6.07, 6.45) is 1.52. The van der Waals surface area contributed by atoms with Crippen molar-refractivity contribution in [1.29, 1.82) is 0 Å². The second kappa shape index (κ2) is 10.6. The molecule has 5 nitrogen and oxygen atoms in total. The topological polar surface area (TPSA) is 55.8 Å². The minimum Gasteiger partial charge on any atom is -0.500 e. The molecule has 24 heavy (non-hydrogen) atoms. The van der Waals surface area contributed by atoms with Gasteiger partial charge in [-0.3, -0.25) is 14.5 Å². The fourth-order valence-corrected chi connectivity index (χ4v) is 5.20. The Morgan fingerprint density at radius 1 is 1.21 bits per heavy atom. The number of carbonyl (C=O) groups is 2. The normalized spacial score (nSPS) is 16.9. The first-order valence-corrected chi connectivity index (χ1v) is 10.9. The Bertz CT molecular complexity index is 411. The van der Waals surface area contributed by atoms with Gasteiger partial charge >= 0.3 is 7.69 Å². The van der Waals surface area contributed by atoms with Crippen molar-refractivity contribution in [2.24, 2.45) is 5.92 Å². The van der Waals surface area contributed by atoms with Crippen LogP contribution in [0.4, 0.5) is 0 Å². The van der Waals surface area contributed by atoms with Crippen LogP contribution in [0, 0.1) is 5.92 Å². The van der Waals surface area contributed by atoms with Crippen molar-refractivity contribution in [1.82, 2.24) is 4.90 Å². The summed E-state index contributed by atoms with van der Waals surface area (Å²) in [7, 11) is 4.63. The molecule has 1 saturated heterocycles. The van der Waals surface area contributed by atoms with Gasteiger partial charge in [0.05, 0.1) is 6.42 Å². The maximum Gasteiger partial charge on any atom is 0.662 e. The van der Waals surface area contributed by atoms with Crippen molar-refractivity contribution >= 4 is 41.2 Å². The lowest BCUT2D eigenvalue weighted by Gasteiger charge is -2.39. The average Bonchev–Trinajstić information content (AvgIpc) is 2.99. The molecule has 1 heterocycles. The number of rotatable bonds is 9. The molecule has 0 bridgehead atoms. The molecule has 1 aliphatic rings. The van der Waals surface area contributed by atoms with Crippen LogP contribution in [0.1, 0.15) is 53.9 Å². The van der Waals surface area contributed by atoms with Crippen LogP contribution in [0.15, 0.2) is 0 Å². The summed E-state index contributed by atoms with van der Waals surface area (Å²) in [5, 5.41) is 0. The number of hydrogen-bond donors (Lipinski definition) is 0. The van der Waals surface area contributed by atoms with Crippen molar-refractivity contribution < 1.29 is 18.9 Å². The summed E-state index contributed by atoms with van der Waals surface area (Å²) in [5.41, 5.74) is 0.00285. The number of nitrogens with zero attached hydrogens (tertiary/aromatic N) is 1. The molecule has 1 aliphatic heterocycles. The van der Waals surface area contributed by atoms with Gasteiger partial charge < -0.3 is 9.31 Å². The third-order valence-corrected chi connectivity index (χ3v) is 6.56. The lowest BCUT2D eigenvalue weighted by Crippen LogP contribution is -2.50. The van der Waals surface area contributed by atoms with Crippen LogP contribution in [-0.4, -0.2) is 54.2 Å². The van der Waals surface area contributed by atoms with Crippen LogP contribution in [-0.2, 0) is 18.9 Å². The van der Waals surface area contributed by atoms with Gasteiger partial charge in [-0.05, 0) is 26.7 Å². The number of carbonyl (C=O) groups excluding carboxylic acids is 2. The molecule has 0 aromatic carbocycles. The van der Waals surface area contributed by atoms with Crippen LogP contribution < -0.4 is 0 Å². The zero-order valence-electron chi connectivity index (χ0n) is 15.4. The van der Waals surface area contributed by atoms with Crippen molar-refractivity contribution in [2.45, 2.75) is 65.5 Å². The molecule has 8 heteroatoms. The highest BCUT2D eigenvalue weighted by Crippen LogP contribution is 2.35. The highest BCUT2D eigenvalue weighted by atomic mass is 33.1. The molecule has 1 fully saturated rings. The smallest absolute Gasteiger partial charge is 0.500 e. The van der Waals surface area contributed by atoms with E-state index in [4.69, 9.17) is 9.31 Å². The molecule has 1 unspecified atom stereocenters. The minimum atomic E-state index is -0.376. The van der Waals surface area contributed by atoms with Gasteiger partial charge in [-0.2, -0.15) is 0 Å². The molecule has 1 rings (SSSR count). The van der Waals surface area contributed by atoms with Crippen molar-refractivity contribution in [3.05, 3.63) is 0 Å². The average molecular weight is 374 g/mol. The highest BCUT2D eigenvalue weighted by molar-refractivity contribution is 8.77. The van der Waals surface area contributed by atoms with Crippen LogP contribution in [0.5, 0.6) is 0 Å². The largest absolute Gasteiger partial charge is 0.662 e. The fourth-order valence-electron chi connectivity index (χ4n) is 2.43. The molecule has 1 atom stereocenters. The Balaban J connectivity index is 2.29. The zero-order chi connectivity index (χ0) is 18.2. The zero-order valence-corrected chi connectivity index (χ0v) is 17.0. The van der Waals surface area contributed by atoms with Crippen molar-refractivity contribution in [3.8, 4) is 0 Å². The molecule has 0 saturated carbocycles. The molecule has 1 radical (unpaired) electrons. The molecule has 0 aliphatic carbocycles. The molecule has 0 spiro atoms. The van der Waals surface area contributed by atoms with E-state index in [2.05, 4.69) is 25.7 Å². The Kier molecular flexibility index (Phi) is 9.60. The third-order valence-electron chi connectivity index (χ3n) is 4.03. The lowest BCUT2D eigenvalue weighted by molar-refractivity contribution is -0.140. The van der Waals surface area contributed by atoms with Gasteiger partial charge in [0.25, 0.3) is 11.9 Å². The Labute approximate surface area is 154 Å². The summed E-state index contributed by atoms with van der Waals surface area (Å²) in [6, 6.07) is 0.477. The number of hydrogen-bond acceptors (Lipinski definition) is 7. The molecule has 0 aromatic heterocycles. The minimum absolute atomic E-state index is 0.00285. The van der Waals surface area contributed by atoms with Crippen LogP contribution in [0.2, 0.25) is 0 Å². The lowest BCUT2D eigenvalue weighted by atomic mass is 10.0. The van der Waals surface area contributed by atoms with Crippen molar-refractivity contribution in [2.75, 3.05) is 18.1 Å². The van der Waals surface area contributed by atoms with Gasteiger partial charge in [0.1, 0.15) is 0 Å². The van der Waals surface area contributed by atoms with E-state index in [9.17, 15) is 9.59 Å². The summed E-state index contributed by atoms with van der Waals surface area (Å²) < 4.78 is 9.74. The van der Waals surface area contributed by atoms with Crippen LogP contribution in [0.25, 0.3) is 0 Å². The predicted molar refractivity (Wildman–Crippen MR) is 102 cm³/mol. The molecular formula is C16H29BNO4S2. The highest BCUT2D eigenvalue weighted by Gasteiger charge is 2.32. The van der Waals surface area contributed by atoms with E-state index in [1.807, 2.05) is 35.4 Å². The maximum atomic E-state index is 11.9. The Hall–Kier alpha value is -0.335. The summed E-state index contributed by atoms with van der Waals surface area (Å²) >= 11 is 0. The van der Waals surface area contributed by atoms with Gasteiger partial charge in [-0.1, -0.05) is 41.9 Å². The van der Waals surface area contributed by atoms with E-state index in [0.717, 1.165) is 25.6 Å². The second-order valence-electron chi connectivity index (χ2n) is 7.13. The van der Waals surface area contributed by atoms with Crippen molar-refractivity contribution in [3.63, 3.8) is 0 Å². The Morgan fingerprint density at radius 3 is 2.33 bits per heavy atom. The molecule has 137 valence electrons. The molecule has 0 aromatic rings. The van der Waals surface area contributed by atoms with E-state index in [1.54, 1.807) is 0 Å². The summed E-state index contributed by atoms with van der Waals surface area (Å²) in [5.74, 6) is 1.68. The van der Waals surface area contributed by atoms with Crippen LogP contribution in [0.3, 0.4) is 0 Å². The van der Waals surface area contributed by atoms with Gasteiger partial charge in [-0.25, -0.2) is 0 Å². The second-order valence-corrected chi connectivity index (χ2v) is 9.68. The monoisotopic (exact) mass is 374 g/mol. The molecule has 0 amide bonds. The molecular weight excluding hydrogens is 345 g/mol. The van der Waals surface area contributed by atoms with E-state index in [1.165, 1.54) is 0 Å². The quantitative estimate of drug-likeness (QED) is 0.453. The van der Waals surface area contributed by atoms with E-state index < -0.39 is 0 Å². The summed E-state index contributed by atoms with van der Waals surface area (Å²) in [4.78, 5) is 25.7. The standard InChI is InChI=1S/C16H29BNO4S2/c1-6-12(2)9-15(20)22-17-21-14(19)7-8-18(16(3,4)5)13-10-23-24-11-13/h12-13H,6-11H2,1-5H3. The third kappa shape index (κ3) is 8.16. The van der Waals surface area contributed by atoms with Crippen LogP contribution >= 0.6 is 21.6 Å². The van der Waals surface area contributed by atoms with Gasteiger partial charge in [-0.15, -0.1) is 0 Å². The fraction of sp³-hybridized carbons (Fsp3) is 0.875. The Morgan fingerprint density at radius 2 is 1.79 bits per heavy atom. The molecule has 0 N–H and O–H groups in total. The first-order valence-electron chi connectivity index (χ1n) is 8.45. The maximum absolute atomic E-state index is 11.9. The van der Waals surface area contributed by atoms with Gasteiger partial charge in [0, 0.05) is 36.1 Å². The summed E-state index contributed by atoms with van der Waals surface area (Å²) in [6.45, 7) is 11.1. The van der Waals surface area contributed by atoms with E-state index in [0.29, 0.717) is 19.0 Å². The predicted octanol–water partition coefficient (Wildman–Crippen LogP) is 3.30. The first kappa shape index (κ1) is 21.7. The SMILES string of the molecule is CCC(C)CC(=O)O[B]OC(=O)CCN(C1CSSC1)C(C)(C)C. The van der Waals surface area contributed by atoms with Gasteiger partial charge in [0.2, 0.25) is 0 Å². The van der Waals surface area contributed by atoms with E-state index in [-0.39, 0.29) is 29.8 Å². The van der Waals surface area contributed by atoms with Gasteiger partial charge in [0.15, 0.2) is 0 Å². The first-order chi connectivity index (χ1) is 11.2. The van der Waals surface area contributed by atoms with E-state index >= 15 is 0 Å².